The van der Waals surface area contributed by atoms with Gasteiger partial charge in [-0.15, -0.1) is 0 Å². The summed E-state index contributed by atoms with van der Waals surface area (Å²) in [5, 5.41) is 3.05. The van der Waals surface area contributed by atoms with E-state index in [2.05, 4.69) is 12.2 Å². The van der Waals surface area contributed by atoms with Gasteiger partial charge >= 0.3 is 6.09 Å². The molecule has 5 heteroatoms. The van der Waals surface area contributed by atoms with Crippen LogP contribution in [0.5, 0.6) is 0 Å². The van der Waals surface area contributed by atoms with Crippen LogP contribution in [-0.2, 0) is 9.53 Å². The molecule has 0 bridgehead atoms. The maximum Gasteiger partial charge on any atom is 0.410 e. The van der Waals surface area contributed by atoms with Crippen LogP contribution in [0.1, 0.15) is 111 Å². The highest BCUT2D eigenvalue weighted by atomic mass is 16.6. The average molecular weight is 411 g/mol. The van der Waals surface area contributed by atoms with E-state index in [-0.39, 0.29) is 17.9 Å². The van der Waals surface area contributed by atoms with E-state index < -0.39 is 5.60 Å². The second-order valence-corrected chi connectivity index (χ2v) is 9.59. The van der Waals surface area contributed by atoms with E-state index in [0.29, 0.717) is 13.1 Å². The maximum absolute atomic E-state index is 12.3. The topological polar surface area (TPSA) is 58.6 Å². The number of ether oxygens (including phenoxy) is 1. The minimum Gasteiger partial charge on any atom is -0.444 e. The van der Waals surface area contributed by atoms with E-state index in [1.165, 1.54) is 70.6 Å². The summed E-state index contributed by atoms with van der Waals surface area (Å²) in [5.74, 6) is -0.0148. The van der Waals surface area contributed by atoms with Gasteiger partial charge in [0.1, 0.15) is 5.60 Å². The average Bonchev–Trinajstić information content (AvgIpc) is 3.14. The number of unbranched alkanes of at least 4 members (excludes halogenated alkanes) is 11. The Hall–Kier alpha value is -1.26. The highest BCUT2D eigenvalue weighted by Gasteiger charge is 2.33. The zero-order chi connectivity index (χ0) is 21.5. The predicted octanol–water partition coefficient (Wildman–Crippen LogP) is 6.06. The van der Waals surface area contributed by atoms with E-state index in [0.717, 1.165) is 19.4 Å². The van der Waals surface area contributed by atoms with Crippen molar-refractivity contribution in [2.75, 3.05) is 19.6 Å². The third kappa shape index (κ3) is 12.8. The van der Waals surface area contributed by atoms with Crippen molar-refractivity contribution in [2.45, 2.75) is 117 Å². The second-order valence-electron chi connectivity index (χ2n) is 9.59. The van der Waals surface area contributed by atoms with Crippen molar-refractivity contribution in [3.8, 4) is 0 Å². The zero-order valence-electron chi connectivity index (χ0n) is 19.6. The van der Waals surface area contributed by atoms with E-state index in [1.807, 2.05) is 20.8 Å². The maximum atomic E-state index is 12.3. The van der Waals surface area contributed by atoms with Gasteiger partial charge in [-0.05, 0) is 33.6 Å². The number of rotatable bonds is 14. The zero-order valence-corrected chi connectivity index (χ0v) is 19.6. The van der Waals surface area contributed by atoms with E-state index in [9.17, 15) is 9.59 Å². The van der Waals surface area contributed by atoms with Crippen molar-refractivity contribution in [3.05, 3.63) is 0 Å². The lowest BCUT2D eigenvalue weighted by Gasteiger charge is -2.24. The van der Waals surface area contributed by atoms with Crippen LogP contribution >= 0.6 is 0 Å². The molecular formula is C24H46N2O3. The van der Waals surface area contributed by atoms with Crippen molar-refractivity contribution in [2.24, 2.45) is 5.92 Å². The van der Waals surface area contributed by atoms with Gasteiger partial charge in [0.2, 0.25) is 5.91 Å². The van der Waals surface area contributed by atoms with Crippen LogP contribution in [0.2, 0.25) is 0 Å². The Morgan fingerprint density at radius 3 is 1.93 bits per heavy atom. The summed E-state index contributed by atoms with van der Waals surface area (Å²) >= 11 is 0. The lowest BCUT2D eigenvalue weighted by atomic mass is 10.1. The van der Waals surface area contributed by atoms with Crippen LogP contribution in [0.3, 0.4) is 0 Å². The molecule has 0 radical (unpaired) electrons. The predicted molar refractivity (Wildman–Crippen MR) is 120 cm³/mol. The number of likely N-dealkylation sites (tertiary alicyclic amines) is 1. The Bertz CT molecular complexity index is 460. The molecule has 0 saturated carbocycles. The lowest BCUT2D eigenvalue weighted by Crippen LogP contribution is -2.37. The standard InChI is InChI=1S/C24H46N2O3/c1-5-6-7-8-9-10-11-12-13-14-15-16-18-25-22(27)21-17-19-26(20-21)23(28)29-24(2,3)4/h21H,5-20H2,1-4H3,(H,25,27). The molecule has 1 aliphatic heterocycles. The molecule has 2 amide bonds. The molecule has 0 aromatic carbocycles. The van der Waals surface area contributed by atoms with Gasteiger partial charge in [-0.25, -0.2) is 4.79 Å². The number of carbonyl (C=O) groups is 2. The Labute approximate surface area is 179 Å². The van der Waals surface area contributed by atoms with Crippen LogP contribution in [0.15, 0.2) is 0 Å². The fraction of sp³-hybridized carbons (Fsp3) is 0.917. The van der Waals surface area contributed by atoms with Gasteiger partial charge in [0.05, 0.1) is 5.92 Å². The normalized spacial score (nSPS) is 16.8. The Kier molecular flexibility index (Phi) is 13.0. The fourth-order valence-corrected chi connectivity index (χ4v) is 3.79. The van der Waals surface area contributed by atoms with Crippen LogP contribution in [0.4, 0.5) is 4.79 Å². The molecule has 29 heavy (non-hydrogen) atoms. The SMILES string of the molecule is CCCCCCCCCCCCCCNC(=O)C1CCN(C(=O)OC(C)(C)C)C1. The molecule has 0 aromatic heterocycles. The molecule has 0 aliphatic carbocycles. The van der Waals surface area contributed by atoms with Gasteiger partial charge in [-0.1, -0.05) is 77.6 Å². The third-order valence-corrected chi connectivity index (χ3v) is 5.54. The molecule has 0 spiro atoms. The van der Waals surface area contributed by atoms with Gasteiger partial charge < -0.3 is 15.0 Å². The van der Waals surface area contributed by atoms with Crippen LogP contribution in [0, 0.1) is 5.92 Å². The monoisotopic (exact) mass is 410 g/mol. The smallest absolute Gasteiger partial charge is 0.410 e. The van der Waals surface area contributed by atoms with E-state index in [1.54, 1.807) is 4.90 Å². The molecule has 1 atom stereocenters. The highest BCUT2D eigenvalue weighted by Crippen LogP contribution is 2.19. The molecule has 1 aliphatic rings. The molecule has 170 valence electrons. The fourth-order valence-electron chi connectivity index (χ4n) is 3.79. The summed E-state index contributed by atoms with van der Waals surface area (Å²) in [7, 11) is 0. The number of nitrogens with one attached hydrogen (secondary N) is 1. The van der Waals surface area contributed by atoms with Crippen molar-refractivity contribution >= 4 is 12.0 Å². The molecule has 1 fully saturated rings. The summed E-state index contributed by atoms with van der Waals surface area (Å²) in [6, 6.07) is 0. The molecule has 5 nitrogen and oxygen atoms in total. The molecule has 1 N–H and O–H groups in total. The number of carbonyl (C=O) groups excluding carboxylic acids is 2. The van der Waals surface area contributed by atoms with Crippen LogP contribution in [-0.4, -0.2) is 42.1 Å². The van der Waals surface area contributed by atoms with Crippen molar-refractivity contribution in [1.82, 2.24) is 10.2 Å². The number of hydrogen-bond acceptors (Lipinski definition) is 3. The van der Waals surface area contributed by atoms with Crippen LogP contribution < -0.4 is 5.32 Å². The Morgan fingerprint density at radius 2 is 1.41 bits per heavy atom. The van der Waals surface area contributed by atoms with Gasteiger partial charge in [-0.3, -0.25) is 4.79 Å². The van der Waals surface area contributed by atoms with Gasteiger partial charge in [0.15, 0.2) is 0 Å². The Balaban J connectivity index is 1.96. The molecule has 0 aromatic rings. The largest absolute Gasteiger partial charge is 0.444 e. The van der Waals surface area contributed by atoms with Crippen LogP contribution in [0.25, 0.3) is 0 Å². The summed E-state index contributed by atoms with van der Waals surface area (Å²) in [4.78, 5) is 26.0. The summed E-state index contributed by atoms with van der Waals surface area (Å²) < 4.78 is 5.39. The van der Waals surface area contributed by atoms with Gasteiger partial charge in [0, 0.05) is 19.6 Å². The van der Waals surface area contributed by atoms with E-state index >= 15 is 0 Å². The minimum absolute atomic E-state index is 0.0825. The summed E-state index contributed by atoms with van der Waals surface area (Å²) in [5.41, 5.74) is -0.494. The van der Waals surface area contributed by atoms with E-state index in [4.69, 9.17) is 4.74 Å². The molecule has 1 rings (SSSR count). The number of nitrogens with zero attached hydrogens (tertiary/aromatic N) is 1. The molecule has 1 heterocycles. The highest BCUT2D eigenvalue weighted by molar-refractivity contribution is 5.80. The van der Waals surface area contributed by atoms with Crippen molar-refractivity contribution in [1.29, 1.82) is 0 Å². The molecule has 1 unspecified atom stereocenters. The first-order valence-electron chi connectivity index (χ1n) is 12.1. The Morgan fingerprint density at radius 1 is 0.897 bits per heavy atom. The molecule has 1 saturated heterocycles. The third-order valence-electron chi connectivity index (χ3n) is 5.54. The summed E-state index contributed by atoms with van der Waals surface area (Å²) in [6.07, 6.45) is 16.3. The summed E-state index contributed by atoms with van der Waals surface area (Å²) in [6.45, 7) is 9.67. The van der Waals surface area contributed by atoms with Gasteiger partial charge in [-0.2, -0.15) is 0 Å². The second kappa shape index (κ2) is 14.7. The number of amides is 2. The van der Waals surface area contributed by atoms with Gasteiger partial charge in [0.25, 0.3) is 0 Å². The van der Waals surface area contributed by atoms with Crippen molar-refractivity contribution < 1.29 is 14.3 Å². The minimum atomic E-state index is -0.494. The first kappa shape index (κ1) is 25.8. The lowest BCUT2D eigenvalue weighted by molar-refractivity contribution is -0.124. The first-order valence-corrected chi connectivity index (χ1v) is 12.1. The molecular weight excluding hydrogens is 364 g/mol. The first-order chi connectivity index (χ1) is 13.8. The number of hydrogen-bond donors (Lipinski definition) is 1. The quantitative estimate of drug-likeness (QED) is 0.354. The van der Waals surface area contributed by atoms with Crippen molar-refractivity contribution in [3.63, 3.8) is 0 Å².